The number of aryl methyl sites for hydroxylation is 1. The van der Waals surface area contributed by atoms with Crippen molar-refractivity contribution in [1.82, 2.24) is 4.57 Å². The number of benzene rings is 1. The van der Waals surface area contributed by atoms with E-state index >= 15 is 0 Å². The molecule has 2 heterocycles. The summed E-state index contributed by atoms with van der Waals surface area (Å²) >= 11 is 0. The maximum absolute atomic E-state index is 12.3. The summed E-state index contributed by atoms with van der Waals surface area (Å²) in [6, 6.07) is 8.74. The number of fused-ring (bicyclic) bond motifs is 1. The van der Waals surface area contributed by atoms with Crippen molar-refractivity contribution in [3.05, 3.63) is 46.8 Å². The number of hydrogen-bond donors (Lipinski definition) is 1. The van der Waals surface area contributed by atoms with E-state index in [1.165, 1.54) is 6.08 Å². The van der Waals surface area contributed by atoms with Gasteiger partial charge in [-0.25, -0.2) is 4.79 Å². The van der Waals surface area contributed by atoms with E-state index in [-0.39, 0.29) is 12.4 Å². The van der Waals surface area contributed by atoms with Crippen molar-refractivity contribution in [3.8, 4) is 17.6 Å². The van der Waals surface area contributed by atoms with E-state index in [2.05, 4.69) is 23.7 Å². The lowest BCUT2D eigenvalue weighted by Gasteiger charge is -2.12. The van der Waals surface area contributed by atoms with Crippen molar-refractivity contribution in [2.75, 3.05) is 18.7 Å². The quantitative estimate of drug-likeness (QED) is 0.415. The molecule has 0 unspecified atom stereocenters. The second kappa shape index (κ2) is 9.39. The molecule has 8 heteroatoms. The zero-order valence-electron chi connectivity index (χ0n) is 18.0. The standard InChI is InChI=1S/C23H25N3O5/c1-14(2)11-26-15(3)7-17(16(26)4)8-18(10-24)23(28)29-12-22(27)25-19-5-6-20-21(9-19)31-13-30-20/h5-9,14H,11-13H2,1-4H3,(H,25,27)/b18-8+. The van der Waals surface area contributed by atoms with Gasteiger partial charge in [-0.3, -0.25) is 4.79 Å². The number of carbonyl (C=O) groups is 2. The molecular formula is C23H25N3O5. The summed E-state index contributed by atoms with van der Waals surface area (Å²) < 4.78 is 17.7. The Morgan fingerprint density at radius 2 is 2.00 bits per heavy atom. The van der Waals surface area contributed by atoms with Crippen molar-refractivity contribution in [2.45, 2.75) is 34.2 Å². The van der Waals surface area contributed by atoms with Crippen molar-refractivity contribution in [1.29, 1.82) is 5.26 Å². The van der Waals surface area contributed by atoms with E-state index in [1.807, 2.05) is 26.0 Å². The molecule has 0 bridgehead atoms. The van der Waals surface area contributed by atoms with Crippen LogP contribution in [0.1, 0.15) is 30.8 Å². The van der Waals surface area contributed by atoms with E-state index in [1.54, 1.807) is 18.2 Å². The molecule has 2 aromatic rings. The summed E-state index contributed by atoms with van der Waals surface area (Å²) in [6.07, 6.45) is 1.50. The molecule has 3 rings (SSSR count). The molecule has 1 aliphatic rings. The van der Waals surface area contributed by atoms with Gasteiger partial charge < -0.3 is 24.1 Å². The predicted octanol–water partition coefficient (Wildman–Crippen LogP) is 3.58. The number of amides is 1. The third kappa shape index (κ3) is 5.25. The van der Waals surface area contributed by atoms with Gasteiger partial charge in [0.15, 0.2) is 18.1 Å². The van der Waals surface area contributed by atoms with Gasteiger partial charge in [-0.05, 0) is 49.6 Å². The number of nitrogens with one attached hydrogen (secondary N) is 1. The fourth-order valence-electron chi connectivity index (χ4n) is 3.29. The largest absolute Gasteiger partial charge is 0.454 e. The van der Waals surface area contributed by atoms with Crippen molar-refractivity contribution >= 4 is 23.6 Å². The van der Waals surface area contributed by atoms with Crippen molar-refractivity contribution < 1.29 is 23.8 Å². The van der Waals surface area contributed by atoms with Crippen LogP contribution in [0.3, 0.4) is 0 Å². The molecule has 0 saturated carbocycles. The van der Waals surface area contributed by atoms with Gasteiger partial charge in [0, 0.05) is 29.7 Å². The topological polar surface area (TPSA) is 103 Å². The number of nitrogens with zero attached hydrogens (tertiary/aromatic N) is 2. The van der Waals surface area contributed by atoms with Gasteiger partial charge in [0.2, 0.25) is 6.79 Å². The van der Waals surface area contributed by atoms with E-state index in [0.717, 1.165) is 23.5 Å². The highest BCUT2D eigenvalue weighted by Gasteiger charge is 2.17. The summed E-state index contributed by atoms with van der Waals surface area (Å²) in [4.78, 5) is 24.5. The van der Waals surface area contributed by atoms with E-state index in [9.17, 15) is 14.9 Å². The minimum atomic E-state index is -0.850. The molecule has 0 radical (unpaired) electrons. The highest BCUT2D eigenvalue weighted by molar-refractivity contribution is 6.00. The summed E-state index contributed by atoms with van der Waals surface area (Å²) in [6.45, 7) is 8.64. The molecule has 0 aliphatic carbocycles. The zero-order valence-corrected chi connectivity index (χ0v) is 18.0. The van der Waals surface area contributed by atoms with Crippen LogP contribution in [0.4, 0.5) is 5.69 Å². The van der Waals surface area contributed by atoms with Gasteiger partial charge in [-0.2, -0.15) is 5.26 Å². The van der Waals surface area contributed by atoms with Gasteiger partial charge in [0.1, 0.15) is 11.6 Å². The molecule has 0 fully saturated rings. The van der Waals surface area contributed by atoms with Gasteiger partial charge >= 0.3 is 5.97 Å². The minimum absolute atomic E-state index is 0.132. The first-order valence-electron chi connectivity index (χ1n) is 9.93. The summed E-state index contributed by atoms with van der Waals surface area (Å²) in [5, 5.41) is 12.0. The first kappa shape index (κ1) is 22.0. The third-order valence-electron chi connectivity index (χ3n) is 4.79. The lowest BCUT2D eigenvalue weighted by molar-refractivity contribution is -0.142. The number of ether oxygens (including phenoxy) is 3. The van der Waals surface area contributed by atoms with Crippen LogP contribution in [0.15, 0.2) is 29.8 Å². The molecule has 8 nitrogen and oxygen atoms in total. The third-order valence-corrected chi connectivity index (χ3v) is 4.79. The fraction of sp³-hybridized carbons (Fsp3) is 0.348. The normalized spacial score (nSPS) is 12.6. The minimum Gasteiger partial charge on any atom is -0.454 e. The Bertz CT molecular complexity index is 1080. The number of carbonyl (C=O) groups excluding carboxylic acids is 2. The lowest BCUT2D eigenvalue weighted by Crippen LogP contribution is -2.21. The van der Waals surface area contributed by atoms with Gasteiger partial charge in [-0.1, -0.05) is 13.8 Å². The SMILES string of the molecule is Cc1cc(/C=C(\C#N)C(=O)OCC(=O)Nc2ccc3c(c2)OCO3)c(C)n1CC(C)C. The molecule has 1 amide bonds. The summed E-state index contributed by atoms with van der Waals surface area (Å²) in [7, 11) is 0. The lowest BCUT2D eigenvalue weighted by atomic mass is 10.1. The number of nitriles is 1. The van der Waals surface area contributed by atoms with Gasteiger partial charge in [0.25, 0.3) is 5.91 Å². The molecule has 1 N–H and O–H groups in total. The van der Waals surface area contributed by atoms with Crippen LogP contribution in [0.5, 0.6) is 11.5 Å². The Morgan fingerprint density at radius 1 is 1.26 bits per heavy atom. The first-order chi connectivity index (χ1) is 14.8. The molecule has 1 aliphatic heterocycles. The molecule has 1 aromatic carbocycles. The molecular weight excluding hydrogens is 398 g/mol. The predicted molar refractivity (Wildman–Crippen MR) is 114 cm³/mol. The Hall–Kier alpha value is -3.73. The van der Waals surface area contributed by atoms with Gasteiger partial charge in [-0.15, -0.1) is 0 Å². The van der Waals surface area contributed by atoms with Gasteiger partial charge in [0.05, 0.1) is 0 Å². The molecule has 0 spiro atoms. The maximum atomic E-state index is 12.3. The first-order valence-corrected chi connectivity index (χ1v) is 9.93. The van der Waals surface area contributed by atoms with Crippen LogP contribution < -0.4 is 14.8 Å². The second-order valence-corrected chi connectivity index (χ2v) is 7.69. The zero-order chi connectivity index (χ0) is 22.5. The van der Waals surface area contributed by atoms with Crippen LogP contribution in [0.25, 0.3) is 6.08 Å². The highest BCUT2D eigenvalue weighted by Crippen LogP contribution is 2.34. The highest BCUT2D eigenvalue weighted by atomic mass is 16.7. The fourth-order valence-corrected chi connectivity index (χ4v) is 3.29. The summed E-state index contributed by atoms with van der Waals surface area (Å²) in [5.41, 5.74) is 3.11. The molecule has 1 aromatic heterocycles. The van der Waals surface area contributed by atoms with Crippen LogP contribution in [-0.2, 0) is 20.9 Å². The Labute approximate surface area is 181 Å². The van der Waals surface area contributed by atoms with Crippen LogP contribution in [-0.4, -0.2) is 29.8 Å². The number of hydrogen-bond acceptors (Lipinski definition) is 6. The maximum Gasteiger partial charge on any atom is 0.349 e. The summed E-state index contributed by atoms with van der Waals surface area (Å²) in [5.74, 6) is 0.211. The van der Waals surface area contributed by atoms with Crippen LogP contribution in [0, 0.1) is 31.1 Å². The monoisotopic (exact) mass is 423 g/mol. The van der Waals surface area contributed by atoms with Crippen molar-refractivity contribution in [2.24, 2.45) is 5.92 Å². The molecule has 31 heavy (non-hydrogen) atoms. The Balaban J connectivity index is 1.62. The average molecular weight is 423 g/mol. The molecule has 162 valence electrons. The molecule has 0 atom stereocenters. The average Bonchev–Trinajstić information content (AvgIpc) is 3.29. The Kier molecular flexibility index (Phi) is 6.65. The van der Waals surface area contributed by atoms with E-state index < -0.39 is 18.5 Å². The van der Waals surface area contributed by atoms with E-state index in [0.29, 0.717) is 23.1 Å². The Morgan fingerprint density at radius 3 is 2.71 bits per heavy atom. The van der Waals surface area contributed by atoms with Crippen molar-refractivity contribution in [3.63, 3.8) is 0 Å². The number of esters is 1. The van der Waals surface area contributed by atoms with E-state index in [4.69, 9.17) is 14.2 Å². The number of rotatable bonds is 7. The number of aromatic nitrogens is 1. The number of anilines is 1. The second-order valence-electron chi connectivity index (χ2n) is 7.69. The van der Waals surface area contributed by atoms with Crippen LogP contribution >= 0.6 is 0 Å². The molecule has 0 saturated heterocycles. The van der Waals surface area contributed by atoms with Crippen LogP contribution in [0.2, 0.25) is 0 Å². The smallest absolute Gasteiger partial charge is 0.349 e.